The van der Waals surface area contributed by atoms with Crippen LogP contribution in [0.4, 0.5) is 0 Å². The van der Waals surface area contributed by atoms with Crippen molar-refractivity contribution in [1.82, 2.24) is 10.3 Å². The minimum atomic E-state index is 0.265. The fourth-order valence-electron chi connectivity index (χ4n) is 1.46. The maximum absolute atomic E-state index is 5.27. The Morgan fingerprint density at radius 2 is 2.44 bits per heavy atom. The first-order chi connectivity index (χ1) is 7.79. The van der Waals surface area contributed by atoms with Gasteiger partial charge in [0.25, 0.3) is 0 Å². The molecule has 1 unspecified atom stereocenters. The van der Waals surface area contributed by atoms with Crippen molar-refractivity contribution in [3.05, 3.63) is 40.2 Å². The van der Waals surface area contributed by atoms with Crippen LogP contribution in [0, 0.1) is 0 Å². The summed E-state index contributed by atoms with van der Waals surface area (Å²) in [5.74, 6) is 0.956. The molecule has 0 amide bonds. The maximum atomic E-state index is 5.27. The van der Waals surface area contributed by atoms with Crippen LogP contribution in [0.2, 0.25) is 0 Å². The summed E-state index contributed by atoms with van der Waals surface area (Å²) in [4.78, 5) is 4.55. The smallest absolute Gasteiger partial charge is 0.117 e. The zero-order chi connectivity index (χ0) is 11.4. The number of hydrogen-bond acceptors (Lipinski definition) is 4. The zero-order valence-corrected chi connectivity index (χ0v) is 10.4. The highest BCUT2D eigenvalue weighted by molar-refractivity contribution is 7.09. The van der Waals surface area contributed by atoms with Gasteiger partial charge in [0.15, 0.2) is 0 Å². The van der Waals surface area contributed by atoms with Gasteiger partial charge in [-0.1, -0.05) is 6.92 Å². The van der Waals surface area contributed by atoms with E-state index in [0.717, 1.165) is 24.4 Å². The van der Waals surface area contributed by atoms with Crippen LogP contribution in [0.25, 0.3) is 0 Å². The molecule has 0 aromatic carbocycles. The SMILES string of the molecule is CCc1nc(C(C)NCc2ccco2)cs1. The first-order valence-corrected chi connectivity index (χ1v) is 6.37. The van der Waals surface area contributed by atoms with E-state index < -0.39 is 0 Å². The second-order valence-electron chi connectivity index (χ2n) is 3.70. The lowest BCUT2D eigenvalue weighted by atomic mass is 10.2. The van der Waals surface area contributed by atoms with Crippen molar-refractivity contribution < 1.29 is 4.42 Å². The Labute approximate surface area is 99.5 Å². The molecule has 16 heavy (non-hydrogen) atoms. The highest BCUT2D eigenvalue weighted by atomic mass is 32.1. The average Bonchev–Trinajstić information content (AvgIpc) is 2.96. The molecule has 1 N–H and O–H groups in total. The van der Waals surface area contributed by atoms with Gasteiger partial charge in [0.05, 0.1) is 23.5 Å². The number of aryl methyl sites for hydroxylation is 1. The van der Waals surface area contributed by atoms with Crippen LogP contribution in [0.3, 0.4) is 0 Å². The molecule has 86 valence electrons. The molecule has 0 saturated heterocycles. The third-order valence-electron chi connectivity index (χ3n) is 2.48. The van der Waals surface area contributed by atoms with E-state index in [9.17, 15) is 0 Å². The first kappa shape index (κ1) is 11.4. The third-order valence-corrected chi connectivity index (χ3v) is 3.49. The van der Waals surface area contributed by atoms with Gasteiger partial charge in [-0.2, -0.15) is 0 Å². The van der Waals surface area contributed by atoms with Crippen LogP contribution >= 0.6 is 11.3 Å². The summed E-state index contributed by atoms with van der Waals surface area (Å²) in [6.07, 6.45) is 2.70. The summed E-state index contributed by atoms with van der Waals surface area (Å²) in [6, 6.07) is 4.14. The first-order valence-electron chi connectivity index (χ1n) is 5.49. The molecule has 1 atom stereocenters. The van der Waals surface area contributed by atoms with E-state index >= 15 is 0 Å². The minimum Gasteiger partial charge on any atom is -0.468 e. The number of hydrogen-bond donors (Lipinski definition) is 1. The zero-order valence-electron chi connectivity index (χ0n) is 9.56. The van der Waals surface area contributed by atoms with E-state index in [1.165, 1.54) is 5.01 Å². The van der Waals surface area contributed by atoms with Crippen LogP contribution in [0.15, 0.2) is 28.2 Å². The topological polar surface area (TPSA) is 38.1 Å². The Morgan fingerprint density at radius 3 is 3.06 bits per heavy atom. The summed E-state index contributed by atoms with van der Waals surface area (Å²) in [6.45, 7) is 4.99. The minimum absolute atomic E-state index is 0.265. The van der Waals surface area contributed by atoms with Crippen LogP contribution in [-0.4, -0.2) is 4.98 Å². The molecule has 3 nitrogen and oxygen atoms in total. The highest BCUT2D eigenvalue weighted by Crippen LogP contribution is 2.17. The molecule has 2 rings (SSSR count). The summed E-state index contributed by atoms with van der Waals surface area (Å²) in [7, 11) is 0. The molecule has 0 radical (unpaired) electrons. The van der Waals surface area contributed by atoms with Crippen LogP contribution < -0.4 is 5.32 Å². The van der Waals surface area contributed by atoms with Crippen molar-refractivity contribution in [1.29, 1.82) is 0 Å². The second kappa shape index (κ2) is 5.27. The van der Waals surface area contributed by atoms with E-state index in [0.29, 0.717) is 0 Å². The van der Waals surface area contributed by atoms with Gasteiger partial charge in [0.1, 0.15) is 5.76 Å². The summed E-state index contributed by atoms with van der Waals surface area (Å²) < 4.78 is 5.27. The van der Waals surface area contributed by atoms with Crippen molar-refractivity contribution in [2.75, 3.05) is 0 Å². The predicted octanol–water partition coefficient (Wildman–Crippen LogP) is 3.15. The largest absolute Gasteiger partial charge is 0.468 e. The quantitative estimate of drug-likeness (QED) is 0.866. The van der Waals surface area contributed by atoms with Crippen molar-refractivity contribution in [3.8, 4) is 0 Å². The Hall–Kier alpha value is -1.13. The lowest BCUT2D eigenvalue weighted by Crippen LogP contribution is -2.18. The fourth-order valence-corrected chi connectivity index (χ4v) is 2.30. The number of thiazole rings is 1. The predicted molar refractivity (Wildman–Crippen MR) is 65.5 cm³/mol. The van der Waals surface area contributed by atoms with Gasteiger partial charge >= 0.3 is 0 Å². The molecule has 0 aliphatic heterocycles. The summed E-state index contributed by atoms with van der Waals surface area (Å²) in [5, 5.41) is 6.71. The van der Waals surface area contributed by atoms with E-state index in [4.69, 9.17) is 4.42 Å². The number of nitrogens with zero attached hydrogens (tertiary/aromatic N) is 1. The molecule has 2 aromatic heterocycles. The van der Waals surface area contributed by atoms with Gasteiger partial charge in [0.2, 0.25) is 0 Å². The van der Waals surface area contributed by atoms with Gasteiger partial charge in [-0.05, 0) is 25.5 Å². The van der Waals surface area contributed by atoms with Crippen LogP contribution in [0.1, 0.15) is 36.4 Å². The van der Waals surface area contributed by atoms with Crippen molar-refractivity contribution in [3.63, 3.8) is 0 Å². The normalized spacial score (nSPS) is 12.9. The monoisotopic (exact) mass is 236 g/mol. The molecule has 0 bridgehead atoms. The lowest BCUT2D eigenvalue weighted by molar-refractivity contribution is 0.458. The summed E-state index contributed by atoms with van der Waals surface area (Å²) in [5.41, 5.74) is 1.12. The molecule has 0 spiro atoms. The molecule has 0 saturated carbocycles. The van der Waals surface area contributed by atoms with Crippen molar-refractivity contribution >= 4 is 11.3 Å². The van der Waals surface area contributed by atoms with E-state index in [1.807, 2.05) is 12.1 Å². The van der Waals surface area contributed by atoms with E-state index in [-0.39, 0.29) is 6.04 Å². The van der Waals surface area contributed by atoms with Gasteiger partial charge in [-0.25, -0.2) is 4.98 Å². The fraction of sp³-hybridized carbons (Fsp3) is 0.417. The van der Waals surface area contributed by atoms with Crippen LogP contribution in [0.5, 0.6) is 0 Å². The number of furan rings is 1. The van der Waals surface area contributed by atoms with E-state index in [1.54, 1.807) is 17.6 Å². The Morgan fingerprint density at radius 1 is 1.56 bits per heavy atom. The van der Waals surface area contributed by atoms with Gasteiger partial charge < -0.3 is 9.73 Å². The Balaban J connectivity index is 1.90. The third kappa shape index (κ3) is 2.71. The Bertz CT molecular complexity index is 422. The number of rotatable bonds is 5. The molecule has 0 aliphatic carbocycles. The number of nitrogens with one attached hydrogen (secondary N) is 1. The molecule has 4 heteroatoms. The highest BCUT2D eigenvalue weighted by Gasteiger charge is 2.09. The molecule has 0 aliphatic rings. The number of aromatic nitrogens is 1. The molecular formula is C12H16N2OS. The molecule has 0 fully saturated rings. The van der Waals surface area contributed by atoms with E-state index in [2.05, 4.69) is 29.5 Å². The standard InChI is InChI=1S/C12H16N2OS/c1-3-12-14-11(8-16-12)9(2)13-7-10-5-4-6-15-10/h4-6,8-9,13H,3,7H2,1-2H3. The molecule has 2 heterocycles. The molecular weight excluding hydrogens is 220 g/mol. The van der Waals surface area contributed by atoms with Crippen LogP contribution in [-0.2, 0) is 13.0 Å². The van der Waals surface area contributed by atoms with Gasteiger partial charge in [0, 0.05) is 11.4 Å². The van der Waals surface area contributed by atoms with Crippen molar-refractivity contribution in [2.45, 2.75) is 32.9 Å². The lowest BCUT2D eigenvalue weighted by Gasteiger charge is -2.09. The maximum Gasteiger partial charge on any atom is 0.117 e. The average molecular weight is 236 g/mol. The van der Waals surface area contributed by atoms with Gasteiger partial charge in [-0.3, -0.25) is 0 Å². The van der Waals surface area contributed by atoms with Crippen molar-refractivity contribution in [2.24, 2.45) is 0 Å². The Kier molecular flexibility index (Phi) is 3.74. The molecule has 2 aromatic rings. The summed E-state index contributed by atoms with van der Waals surface area (Å²) >= 11 is 1.73. The van der Waals surface area contributed by atoms with Gasteiger partial charge in [-0.15, -0.1) is 11.3 Å². The second-order valence-corrected chi connectivity index (χ2v) is 4.64.